The number of ether oxygens (including phenoxy) is 1. The summed E-state index contributed by atoms with van der Waals surface area (Å²) in [6.07, 6.45) is 0.767. The van der Waals surface area contributed by atoms with Crippen LogP contribution in [0.15, 0.2) is 21.5 Å². The van der Waals surface area contributed by atoms with Crippen LogP contribution in [0.4, 0.5) is 10.5 Å². The molecule has 11 heteroatoms. The summed E-state index contributed by atoms with van der Waals surface area (Å²) >= 11 is 3.56. The van der Waals surface area contributed by atoms with E-state index in [-0.39, 0.29) is 26.4 Å². The van der Waals surface area contributed by atoms with E-state index in [0.717, 1.165) is 18.2 Å². The third-order valence-corrected chi connectivity index (χ3v) is 4.61. The molecular formula is C15H13BrN2O7S. The molecule has 2 rings (SSSR count). The summed E-state index contributed by atoms with van der Waals surface area (Å²) < 4.78 is 4.97. The van der Waals surface area contributed by atoms with Crippen LogP contribution in [-0.2, 0) is 14.3 Å². The number of non-ortho nitro benzene ring substituents is 1. The smallest absolute Gasteiger partial charge is 0.326 e. The van der Waals surface area contributed by atoms with Crippen molar-refractivity contribution >= 4 is 56.6 Å². The lowest BCUT2D eigenvalue weighted by atomic mass is 10.1. The van der Waals surface area contributed by atoms with Crippen molar-refractivity contribution in [3.8, 4) is 5.75 Å². The predicted octanol–water partition coefficient (Wildman–Crippen LogP) is 3.05. The Bertz CT molecular complexity index is 838. The van der Waals surface area contributed by atoms with E-state index in [0.29, 0.717) is 16.7 Å². The highest BCUT2D eigenvalue weighted by molar-refractivity contribution is 9.10. The van der Waals surface area contributed by atoms with Gasteiger partial charge in [-0.15, -0.1) is 0 Å². The molecule has 1 aliphatic rings. The van der Waals surface area contributed by atoms with Gasteiger partial charge in [-0.2, -0.15) is 0 Å². The van der Waals surface area contributed by atoms with Gasteiger partial charge in [0.25, 0.3) is 16.8 Å². The second kappa shape index (κ2) is 7.87. The number of nitro benzene ring substituents is 1. The molecule has 1 saturated heterocycles. The summed E-state index contributed by atoms with van der Waals surface area (Å²) in [5.74, 6) is -1.80. The molecule has 1 aliphatic heterocycles. The Kier molecular flexibility index (Phi) is 6.03. The molecule has 26 heavy (non-hydrogen) atoms. The fourth-order valence-electron chi connectivity index (χ4n) is 2.03. The molecule has 1 heterocycles. The second-order valence-electron chi connectivity index (χ2n) is 5.43. The third-order valence-electron chi connectivity index (χ3n) is 3.10. The first-order valence-electron chi connectivity index (χ1n) is 7.22. The number of nitro groups is 1. The van der Waals surface area contributed by atoms with Gasteiger partial charge < -0.3 is 9.84 Å². The van der Waals surface area contributed by atoms with Crippen LogP contribution in [0, 0.1) is 10.1 Å². The number of hydrogen-bond donors (Lipinski definition) is 1. The minimum Gasteiger partial charge on any atom is -0.506 e. The first kappa shape index (κ1) is 19.9. The van der Waals surface area contributed by atoms with Crippen LogP contribution >= 0.6 is 27.7 Å². The summed E-state index contributed by atoms with van der Waals surface area (Å²) in [4.78, 5) is 46.9. The van der Waals surface area contributed by atoms with Crippen LogP contribution in [-0.4, -0.2) is 44.7 Å². The number of phenols is 1. The van der Waals surface area contributed by atoms with Crippen molar-refractivity contribution in [3.05, 3.63) is 37.2 Å². The van der Waals surface area contributed by atoms with Gasteiger partial charge in [-0.3, -0.25) is 29.4 Å². The zero-order valence-corrected chi connectivity index (χ0v) is 16.0. The second-order valence-corrected chi connectivity index (χ2v) is 7.28. The summed E-state index contributed by atoms with van der Waals surface area (Å²) in [6.45, 7) is 2.73. The SMILES string of the molecule is CC(C)OC(=O)CN1C(=O)S/C(=C\c2cc([N+](=O)[O-])cc(Br)c2O)C1=O. The Morgan fingerprint density at radius 1 is 1.46 bits per heavy atom. The lowest BCUT2D eigenvalue weighted by Crippen LogP contribution is -2.35. The Hall–Kier alpha value is -2.40. The topological polar surface area (TPSA) is 127 Å². The molecule has 138 valence electrons. The van der Waals surface area contributed by atoms with Crippen LogP contribution in [0.2, 0.25) is 0 Å². The Morgan fingerprint density at radius 3 is 2.69 bits per heavy atom. The van der Waals surface area contributed by atoms with E-state index in [1.807, 2.05) is 0 Å². The largest absolute Gasteiger partial charge is 0.506 e. The highest BCUT2D eigenvalue weighted by Gasteiger charge is 2.37. The molecule has 1 N–H and O–H groups in total. The predicted molar refractivity (Wildman–Crippen MR) is 96.4 cm³/mol. The third kappa shape index (κ3) is 4.41. The minimum atomic E-state index is -0.747. The molecule has 0 aromatic heterocycles. The average molecular weight is 445 g/mol. The van der Waals surface area contributed by atoms with E-state index in [4.69, 9.17) is 4.74 Å². The number of amides is 2. The van der Waals surface area contributed by atoms with Gasteiger partial charge in [0.1, 0.15) is 12.3 Å². The van der Waals surface area contributed by atoms with Crippen molar-refractivity contribution in [2.75, 3.05) is 6.54 Å². The summed E-state index contributed by atoms with van der Waals surface area (Å²) in [6, 6.07) is 2.18. The van der Waals surface area contributed by atoms with Crippen LogP contribution in [0.5, 0.6) is 5.75 Å². The monoisotopic (exact) mass is 444 g/mol. The van der Waals surface area contributed by atoms with E-state index >= 15 is 0 Å². The van der Waals surface area contributed by atoms with Gasteiger partial charge in [-0.05, 0) is 47.6 Å². The van der Waals surface area contributed by atoms with Crippen LogP contribution < -0.4 is 0 Å². The molecule has 9 nitrogen and oxygen atoms in total. The number of nitrogens with zero attached hydrogens (tertiary/aromatic N) is 2. The molecule has 0 bridgehead atoms. The number of carbonyl (C=O) groups is 3. The van der Waals surface area contributed by atoms with Gasteiger partial charge in [0, 0.05) is 17.7 Å². The number of thioether (sulfide) groups is 1. The summed E-state index contributed by atoms with van der Waals surface area (Å²) in [5, 5.41) is 20.3. The number of imide groups is 1. The number of aromatic hydroxyl groups is 1. The first-order chi connectivity index (χ1) is 12.1. The molecule has 0 unspecified atom stereocenters. The van der Waals surface area contributed by atoms with E-state index < -0.39 is 34.7 Å². The number of esters is 1. The van der Waals surface area contributed by atoms with Crippen molar-refractivity contribution in [2.24, 2.45) is 0 Å². The number of benzene rings is 1. The first-order valence-corrected chi connectivity index (χ1v) is 8.83. The van der Waals surface area contributed by atoms with Crippen LogP contribution in [0.25, 0.3) is 6.08 Å². The molecular weight excluding hydrogens is 432 g/mol. The lowest BCUT2D eigenvalue weighted by molar-refractivity contribution is -0.385. The molecule has 1 aromatic carbocycles. The van der Waals surface area contributed by atoms with Gasteiger partial charge in [0.2, 0.25) is 0 Å². The normalized spacial score (nSPS) is 15.8. The lowest BCUT2D eigenvalue weighted by Gasteiger charge is -2.13. The standard InChI is InChI=1S/C15H13BrN2O7S/c1-7(2)25-12(19)6-17-14(21)11(26-15(17)22)4-8-3-9(18(23)24)5-10(16)13(8)20/h3-5,7,20H,6H2,1-2H3/b11-4-. The van der Waals surface area contributed by atoms with Crippen LogP contribution in [0.3, 0.4) is 0 Å². The maximum Gasteiger partial charge on any atom is 0.326 e. The minimum absolute atomic E-state index is 0.0127. The van der Waals surface area contributed by atoms with Crippen LogP contribution in [0.1, 0.15) is 19.4 Å². The average Bonchev–Trinajstić information content (AvgIpc) is 2.78. The van der Waals surface area contributed by atoms with Crippen molar-refractivity contribution < 1.29 is 29.2 Å². The maximum absolute atomic E-state index is 12.3. The Balaban J connectivity index is 2.30. The van der Waals surface area contributed by atoms with Gasteiger partial charge >= 0.3 is 5.97 Å². The quantitative estimate of drug-likeness (QED) is 0.317. The highest BCUT2D eigenvalue weighted by Crippen LogP contribution is 2.37. The highest BCUT2D eigenvalue weighted by atomic mass is 79.9. The van der Waals surface area contributed by atoms with Crippen molar-refractivity contribution in [3.63, 3.8) is 0 Å². The van der Waals surface area contributed by atoms with Gasteiger partial charge in [0.15, 0.2) is 0 Å². The number of phenolic OH excluding ortho intramolecular Hbond substituents is 1. The molecule has 1 fully saturated rings. The van der Waals surface area contributed by atoms with Gasteiger partial charge in [-0.25, -0.2) is 0 Å². The van der Waals surface area contributed by atoms with Crippen molar-refractivity contribution in [1.29, 1.82) is 0 Å². The fraction of sp³-hybridized carbons (Fsp3) is 0.267. The van der Waals surface area contributed by atoms with Crippen molar-refractivity contribution in [1.82, 2.24) is 4.90 Å². The molecule has 0 spiro atoms. The number of halogens is 1. The maximum atomic E-state index is 12.3. The summed E-state index contributed by atoms with van der Waals surface area (Å²) in [5.41, 5.74) is -0.318. The Labute approximate surface area is 160 Å². The summed E-state index contributed by atoms with van der Waals surface area (Å²) in [7, 11) is 0. The Morgan fingerprint density at radius 2 is 2.12 bits per heavy atom. The van der Waals surface area contributed by atoms with Gasteiger partial charge in [-0.1, -0.05) is 0 Å². The van der Waals surface area contributed by atoms with E-state index in [1.165, 1.54) is 0 Å². The number of carbonyl (C=O) groups excluding carboxylic acids is 3. The van der Waals surface area contributed by atoms with Gasteiger partial charge in [0.05, 0.1) is 20.4 Å². The zero-order chi connectivity index (χ0) is 19.6. The molecule has 1 aromatic rings. The van der Waals surface area contributed by atoms with E-state index in [1.54, 1.807) is 13.8 Å². The molecule has 0 radical (unpaired) electrons. The molecule has 2 amide bonds. The van der Waals surface area contributed by atoms with E-state index in [2.05, 4.69) is 15.9 Å². The van der Waals surface area contributed by atoms with E-state index in [9.17, 15) is 29.6 Å². The fourth-order valence-corrected chi connectivity index (χ4v) is 3.32. The number of rotatable bonds is 5. The zero-order valence-electron chi connectivity index (χ0n) is 13.6. The molecule has 0 atom stereocenters. The number of hydrogen-bond acceptors (Lipinski definition) is 8. The van der Waals surface area contributed by atoms with Crippen molar-refractivity contribution in [2.45, 2.75) is 20.0 Å². The molecule has 0 aliphatic carbocycles. The molecule has 0 saturated carbocycles.